The largest absolute Gasteiger partial charge is 0.391 e. The molecule has 0 aliphatic carbocycles. The van der Waals surface area contributed by atoms with E-state index in [0.717, 1.165) is 0 Å². The molecule has 4 nitrogen and oxygen atoms in total. The highest BCUT2D eigenvalue weighted by Gasteiger charge is 2.30. The van der Waals surface area contributed by atoms with E-state index in [9.17, 15) is 18.0 Å². The number of alkyl halides is 3. The van der Waals surface area contributed by atoms with E-state index in [4.69, 9.17) is 17.4 Å². The van der Waals surface area contributed by atoms with Gasteiger partial charge in [0.2, 0.25) is 0 Å². The molecular weight excluding hydrogens is 283 g/mol. The van der Waals surface area contributed by atoms with Crippen LogP contribution in [-0.2, 0) is 0 Å². The predicted molar refractivity (Wildman–Crippen MR) is 66.9 cm³/mol. The summed E-state index contributed by atoms with van der Waals surface area (Å²) in [5.74, 6) is 4.54. The number of hydrogen-bond acceptors (Lipinski definition) is 3. The molecule has 0 fully saturated rings. The first-order valence-corrected chi connectivity index (χ1v) is 5.74. The first-order valence-electron chi connectivity index (χ1n) is 5.36. The van der Waals surface area contributed by atoms with Crippen molar-refractivity contribution in [3.63, 3.8) is 0 Å². The maximum absolute atomic E-state index is 12.2. The molecule has 1 aromatic rings. The van der Waals surface area contributed by atoms with Gasteiger partial charge in [-0.1, -0.05) is 11.6 Å². The van der Waals surface area contributed by atoms with Crippen LogP contribution in [-0.4, -0.2) is 18.1 Å². The van der Waals surface area contributed by atoms with E-state index in [1.807, 2.05) is 0 Å². The molecule has 1 unspecified atom stereocenters. The molecule has 0 aliphatic rings. The molecule has 0 aromatic heterocycles. The monoisotopic (exact) mass is 295 g/mol. The van der Waals surface area contributed by atoms with Crippen molar-refractivity contribution in [1.82, 2.24) is 5.32 Å². The number of rotatable bonds is 4. The zero-order valence-corrected chi connectivity index (χ0v) is 10.8. The average Bonchev–Trinajstić information content (AvgIpc) is 2.26. The third-order valence-corrected chi connectivity index (χ3v) is 2.53. The Kier molecular flexibility index (Phi) is 5.02. The van der Waals surface area contributed by atoms with Crippen LogP contribution in [0.2, 0.25) is 5.02 Å². The predicted octanol–water partition coefficient (Wildman–Crippen LogP) is 2.70. The van der Waals surface area contributed by atoms with E-state index in [1.54, 1.807) is 0 Å². The van der Waals surface area contributed by atoms with E-state index in [-0.39, 0.29) is 16.3 Å². The van der Waals surface area contributed by atoms with Crippen molar-refractivity contribution in [2.75, 3.05) is 5.43 Å². The Balaban J connectivity index is 2.81. The van der Waals surface area contributed by atoms with Gasteiger partial charge in [-0.05, 0) is 25.1 Å². The maximum atomic E-state index is 12.2. The third kappa shape index (κ3) is 4.96. The van der Waals surface area contributed by atoms with Crippen LogP contribution in [0.3, 0.4) is 0 Å². The van der Waals surface area contributed by atoms with Crippen LogP contribution < -0.4 is 16.6 Å². The minimum atomic E-state index is -4.34. The van der Waals surface area contributed by atoms with E-state index in [0.29, 0.717) is 0 Å². The molecule has 4 N–H and O–H groups in total. The van der Waals surface area contributed by atoms with Crippen LogP contribution in [0.5, 0.6) is 0 Å². The summed E-state index contributed by atoms with van der Waals surface area (Å²) < 4.78 is 36.5. The van der Waals surface area contributed by atoms with Gasteiger partial charge in [0.15, 0.2) is 0 Å². The van der Waals surface area contributed by atoms with Gasteiger partial charge in [-0.15, -0.1) is 0 Å². The second-order valence-corrected chi connectivity index (χ2v) is 4.46. The second kappa shape index (κ2) is 6.12. The van der Waals surface area contributed by atoms with Gasteiger partial charge in [0.25, 0.3) is 5.91 Å². The van der Waals surface area contributed by atoms with Crippen LogP contribution in [0.15, 0.2) is 18.2 Å². The first kappa shape index (κ1) is 15.6. The molecular formula is C11H13ClF3N3O. The number of nitrogens with one attached hydrogen (secondary N) is 2. The molecule has 0 saturated carbocycles. The lowest BCUT2D eigenvalue weighted by Crippen LogP contribution is -2.36. The molecule has 1 rings (SSSR count). The topological polar surface area (TPSA) is 67.2 Å². The molecule has 1 amide bonds. The van der Waals surface area contributed by atoms with Crippen LogP contribution in [0.1, 0.15) is 23.7 Å². The zero-order chi connectivity index (χ0) is 14.6. The Morgan fingerprint density at radius 1 is 1.47 bits per heavy atom. The molecule has 0 saturated heterocycles. The molecule has 1 aromatic carbocycles. The summed E-state index contributed by atoms with van der Waals surface area (Å²) in [6.07, 6.45) is -5.44. The number of amides is 1. The lowest BCUT2D eigenvalue weighted by atomic mass is 10.1. The van der Waals surface area contributed by atoms with Gasteiger partial charge in [0, 0.05) is 11.1 Å². The lowest BCUT2D eigenvalue weighted by Gasteiger charge is -2.17. The fourth-order valence-electron chi connectivity index (χ4n) is 1.53. The highest BCUT2D eigenvalue weighted by Crippen LogP contribution is 2.23. The number of nitrogens with two attached hydrogens (primary N) is 1. The number of halogens is 4. The van der Waals surface area contributed by atoms with E-state index < -0.39 is 24.5 Å². The van der Waals surface area contributed by atoms with E-state index in [2.05, 4.69) is 10.7 Å². The SMILES string of the molecule is CC(CC(F)(F)F)NC(=O)c1cc(Cl)ccc1NN. The summed E-state index contributed by atoms with van der Waals surface area (Å²) in [4.78, 5) is 11.8. The summed E-state index contributed by atoms with van der Waals surface area (Å²) in [6, 6.07) is 3.25. The number of anilines is 1. The van der Waals surface area contributed by atoms with E-state index in [1.165, 1.54) is 25.1 Å². The standard InChI is InChI=1S/C11H13ClF3N3O/c1-6(5-11(13,14)15)17-10(19)8-4-7(12)2-3-9(8)18-16/h2-4,6,18H,5,16H2,1H3,(H,17,19). The van der Waals surface area contributed by atoms with Gasteiger partial charge in [0.1, 0.15) is 0 Å². The fraction of sp³-hybridized carbons (Fsp3) is 0.364. The van der Waals surface area contributed by atoms with E-state index >= 15 is 0 Å². The van der Waals surface area contributed by atoms with Crippen molar-refractivity contribution >= 4 is 23.2 Å². The van der Waals surface area contributed by atoms with Crippen LogP contribution >= 0.6 is 11.6 Å². The van der Waals surface area contributed by atoms with Crippen LogP contribution in [0, 0.1) is 0 Å². The normalized spacial score (nSPS) is 12.9. The van der Waals surface area contributed by atoms with Gasteiger partial charge >= 0.3 is 6.18 Å². The third-order valence-electron chi connectivity index (χ3n) is 2.30. The highest BCUT2D eigenvalue weighted by atomic mass is 35.5. The number of nitrogen functional groups attached to an aromatic ring is 1. The van der Waals surface area contributed by atoms with Crippen molar-refractivity contribution < 1.29 is 18.0 Å². The molecule has 0 aliphatic heterocycles. The molecule has 1 atom stereocenters. The Hall–Kier alpha value is -1.47. The van der Waals surface area contributed by atoms with Gasteiger partial charge in [0.05, 0.1) is 17.7 Å². The number of carbonyl (C=O) groups is 1. The zero-order valence-electron chi connectivity index (χ0n) is 10.0. The van der Waals surface area contributed by atoms with Gasteiger partial charge in [-0.3, -0.25) is 10.6 Å². The molecule has 0 bridgehead atoms. The molecule has 19 heavy (non-hydrogen) atoms. The summed E-state index contributed by atoms with van der Waals surface area (Å²) in [5.41, 5.74) is 2.65. The van der Waals surface area contributed by atoms with Crippen molar-refractivity contribution in [2.45, 2.75) is 25.6 Å². The Morgan fingerprint density at radius 3 is 2.63 bits per heavy atom. The van der Waals surface area contributed by atoms with Crippen molar-refractivity contribution in [3.05, 3.63) is 28.8 Å². The molecule has 8 heteroatoms. The summed E-state index contributed by atoms with van der Waals surface area (Å²) in [7, 11) is 0. The van der Waals surface area contributed by atoms with Gasteiger partial charge < -0.3 is 10.7 Å². The number of carbonyl (C=O) groups excluding carboxylic acids is 1. The van der Waals surface area contributed by atoms with Crippen molar-refractivity contribution in [3.8, 4) is 0 Å². The quantitative estimate of drug-likeness (QED) is 0.591. The summed E-state index contributed by atoms with van der Waals surface area (Å²) >= 11 is 5.73. The Bertz CT molecular complexity index is 465. The van der Waals surface area contributed by atoms with Gasteiger partial charge in [-0.2, -0.15) is 13.2 Å². The molecule has 0 heterocycles. The average molecular weight is 296 g/mol. The molecule has 106 valence electrons. The van der Waals surface area contributed by atoms with Crippen molar-refractivity contribution in [2.24, 2.45) is 5.84 Å². The number of hydrogen-bond donors (Lipinski definition) is 3. The van der Waals surface area contributed by atoms with Crippen LogP contribution in [0.25, 0.3) is 0 Å². The van der Waals surface area contributed by atoms with Crippen LogP contribution in [0.4, 0.5) is 18.9 Å². The molecule has 0 spiro atoms. The number of benzene rings is 1. The number of hydrazine groups is 1. The summed E-state index contributed by atoms with van der Waals surface area (Å²) in [5, 5.41) is 2.53. The molecule has 0 radical (unpaired) electrons. The maximum Gasteiger partial charge on any atom is 0.391 e. The first-order chi connectivity index (χ1) is 8.73. The minimum Gasteiger partial charge on any atom is -0.349 e. The Labute approximate surface area is 113 Å². The highest BCUT2D eigenvalue weighted by molar-refractivity contribution is 6.31. The van der Waals surface area contributed by atoms with Gasteiger partial charge in [-0.25, -0.2) is 0 Å². The summed E-state index contributed by atoms with van der Waals surface area (Å²) in [6.45, 7) is 1.27. The Morgan fingerprint density at radius 2 is 2.11 bits per heavy atom. The fourth-order valence-corrected chi connectivity index (χ4v) is 1.70. The lowest BCUT2D eigenvalue weighted by molar-refractivity contribution is -0.138. The smallest absolute Gasteiger partial charge is 0.349 e. The second-order valence-electron chi connectivity index (χ2n) is 4.03. The van der Waals surface area contributed by atoms with Crippen molar-refractivity contribution in [1.29, 1.82) is 0 Å². The minimum absolute atomic E-state index is 0.0871.